The van der Waals surface area contributed by atoms with Crippen LogP contribution >= 0.6 is 0 Å². The standard InChI is InChI=1S/C17H21F3N2O2/c18-17(19,20)13-4-1-3-12(11-13)16(24)6-9-22(10-7-16)15(23)14-5-2-8-21-14/h1,3-4,11,14,21,24H,2,5-10H2/t14-/m0/s1. The van der Waals surface area contributed by atoms with Gasteiger partial charge >= 0.3 is 6.18 Å². The molecule has 3 rings (SSSR count). The van der Waals surface area contributed by atoms with Crippen molar-refractivity contribution in [3.63, 3.8) is 0 Å². The Kier molecular flexibility index (Phi) is 4.57. The van der Waals surface area contributed by atoms with E-state index in [2.05, 4.69) is 5.32 Å². The van der Waals surface area contributed by atoms with E-state index in [-0.39, 0.29) is 30.4 Å². The van der Waals surface area contributed by atoms with Crippen LogP contribution in [0.15, 0.2) is 24.3 Å². The topological polar surface area (TPSA) is 52.6 Å². The van der Waals surface area contributed by atoms with Crippen LogP contribution in [0.2, 0.25) is 0 Å². The van der Waals surface area contributed by atoms with E-state index in [4.69, 9.17) is 0 Å². The summed E-state index contributed by atoms with van der Waals surface area (Å²) < 4.78 is 38.6. The summed E-state index contributed by atoms with van der Waals surface area (Å²) in [6.45, 7) is 1.53. The molecule has 2 saturated heterocycles. The van der Waals surface area contributed by atoms with Gasteiger partial charge in [-0.05, 0) is 49.9 Å². The fourth-order valence-corrected chi connectivity index (χ4v) is 3.49. The summed E-state index contributed by atoms with van der Waals surface area (Å²) in [5.74, 6) is 0.0265. The number of hydrogen-bond acceptors (Lipinski definition) is 3. The Labute approximate surface area is 138 Å². The van der Waals surface area contributed by atoms with Gasteiger partial charge in [0.25, 0.3) is 0 Å². The largest absolute Gasteiger partial charge is 0.416 e. The van der Waals surface area contributed by atoms with E-state index < -0.39 is 17.3 Å². The average molecular weight is 342 g/mol. The monoisotopic (exact) mass is 342 g/mol. The SMILES string of the molecule is O=C([C@@H]1CCCN1)N1CCC(O)(c2cccc(C(F)(F)F)c2)CC1. The van der Waals surface area contributed by atoms with E-state index in [1.165, 1.54) is 12.1 Å². The number of rotatable bonds is 2. The smallest absolute Gasteiger partial charge is 0.385 e. The van der Waals surface area contributed by atoms with Crippen LogP contribution < -0.4 is 5.32 Å². The molecule has 1 atom stereocenters. The van der Waals surface area contributed by atoms with Crippen molar-refractivity contribution in [3.05, 3.63) is 35.4 Å². The molecule has 1 aromatic carbocycles. The van der Waals surface area contributed by atoms with Crippen molar-refractivity contribution in [3.8, 4) is 0 Å². The Morgan fingerprint density at radius 1 is 1.29 bits per heavy atom. The molecule has 4 nitrogen and oxygen atoms in total. The molecular weight excluding hydrogens is 321 g/mol. The molecule has 0 bridgehead atoms. The van der Waals surface area contributed by atoms with Gasteiger partial charge in [0.05, 0.1) is 17.2 Å². The molecule has 24 heavy (non-hydrogen) atoms. The summed E-state index contributed by atoms with van der Waals surface area (Å²) in [6, 6.07) is 4.68. The Morgan fingerprint density at radius 3 is 2.58 bits per heavy atom. The lowest BCUT2D eigenvalue weighted by Crippen LogP contribution is -2.50. The van der Waals surface area contributed by atoms with Gasteiger partial charge in [0.15, 0.2) is 0 Å². The molecule has 0 unspecified atom stereocenters. The van der Waals surface area contributed by atoms with E-state index in [0.717, 1.165) is 31.5 Å². The number of carbonyl (C=O) groups is 1. The molecule has 2 N–H and O–H groups in total. The lowest BCUT2D eigenvalue weighted by molar-refractivity contribution is -0.138. The van der Waals surface area contributed by atoms with Gasteiger partial charge in [-0.2, -0.15) is 13.2 Å². The van der Waals surface area contributed by atoms with Gasteiger partial charge in [-0.15, -0.1) is 0 Å². The van der Waals surface area contributed by atoms with Crippen LogP contribution in [0.25, 0.3) is 0 Å². The van der Waals surface area contributed by atoms with Crippen LogP contribution in [0.4, 0.5) is 13.2 Å². The van der Waals surface area contributed by atoms with Crippen molar-refractivity contribution < 1.29 is 23.1 Å². The molecule has 2 aliphatic rings. The van der Waals surface area contributed by atoms with E-state index in [1.807, 2.05) is 0 Å². The third kappa shape index (κ3) is 3.42. The molecule has 0 saturated carbocycles. The number of amides is 1. The third-order valence-electron chi connectivity index (χ3n) is 4.99. The number of nitrogens with one attached hydrogen (secondary N) is 1. The number of likely N-dealkylation sites (tertiary alicyclic amines) is 1. The molecule has 0 aromatic heterocycles. The van der Waals surface area contributed by atoms with E-state index in [0.29, 0.717) is 13.1 Å². The first-order valence-electron chi connectivity index (χ1n) is 8.22. The summed E-state index contributed by atoms with van der Waals surface area (Å²) >= 11 is 0. The number of aliphatic hydroxyl groups is 1. The molecule has 0 aliphatic carbocycles. The maximum atomic E-state index is 12.9. The molecule has 1 amide bonds. The first-order valence-corrected chi connectivity index (χ1v) is 8.22. The molecule has 7 heteroatoms. The average Bonchev–Trinajstić information content (AvgIpc) is 3.09. The lowest BCUT2D eigenvalue weighted by atomic mass is 9.83. The number of alkyl halides is 3. The van der Waals surface area contributed by atoms with Gasteiger partial charge in [0.2, 0.25) is 5.91 Å². The highest BCUT2D eigenvalue weighted by molar-refractivity contribution is 5.82. The maximum absolute atomic E-state index is 12.9. The Bertz CT molecular complexity index is 604. The van der Waals surface area contributed by atoms with Crippen LogP contribution in [0.1, 0.15) is 36.8 Å². The van der Waals surface area contributed by atoms with E-state index in [1.54, 1.807) is 4.90 Å². The summed E-state index contributed by atoms with van der Waals surface area (Å²) in [5.41, 5.74) is -1.81. The van der Waals surface area contributed by atoms with Gasteiger partial charge < -0.3 is 15.3 Å². The summed E-state index contributed by atoms with van der Waals surface area (Å²) in [5, 5.41) is 13.9. The van der Waals surface area contributed by atoms with Gasteiger partial charge in [0.1, 0.15) is 0 Å². The first kappa shape index (κ1) is 17.2. The number of carbonyl (C=O) groups excluding carboxylic acids is 1. The van der Waals surface area contributed by atoms with Gasteiger partial charge in [-0.25, -0.2) is 0 Å². The number of piperidine rings is 1. The quantitative estimate of drug-likeness (QED) is 0.867. The normalized spacial score (nSPS) is 24.2. The van der Waals surface area contributed by atoms with Gasteiger partial charge in [0, 0.05) is 13.1 Å². The minimum atomic E-state index is -4.43. The zero-order valence-electron chi connectivity index (χ0n) is 13.3. The minimum absolute atomic E-state index is 0.0265. The first-order chi connectivity index (χ1) is 11.3. The van der Waals surface area contributed by atoms with Gasteiger partial charge in [-0.3, -0.25) is 4.79 Å². The molecule has 2 fully saturated rings. The van der Waals surface area contributed by atoms with Crippen molar-refractivity contribution in [2.75, 3.05) is 19.6 Å². The van der Waals surface area contributed by atoms with Crippen molar-refractivity contribution in [1.82, 2.24) is 10.2 Å². The predicted molar refractivity (Wildman–Crippen MR) is 82.2 cm³/mol. The fraction of sp³-hybridized carbons (Fsp3) is 0.588. The van der Waals surface area contributed by atoms with Crippen LogP contribution in [0.5, 0.6) is 0 Å². The van der Waals surface area contributed by atoms with Crippen molar-refractivity contribution in [2.45, 2.75) is 43.5 Å². The Balaban J connectivity index is 1.69. The summed E-state index contributed by atoms with van der Waals surface area (Å²) in [6.07, 6.45) is -2.16. The van der Waals surface area contributed by atoms with Crippen LogP contribution in [-0.4, -0.2) is 41.6 Å². The molecule has 0 spiro atoms. The molecule has 2 aliphatic heterocycles. The predicted octanol–water partition coefficient (Wildman–Crippen LogP) is 2.27. The van der Waals surface area contributed by atoms with E-state index in [9.17, 15) is 23.1 Å². The highest BCUT2D eigenvalue weighted by atomic mass is 19.4. The number of hydrogen-bond donors (Lipinski definition) is 2. The van der Waals surface area contributed by atoms with Crippen molar-refractivity contribution >= 4 is 5.91 Å². The molecule has 0 radical (unpaired) electrons. The molecule has 1 aromatic rings. The van der Waals surface area contributed by atoms with Gasteiger partial charge in [-0.1, -0.05) is 12.1 Å². The second kappa shape index (κ2) is 6.37. The molecule has 2 heterocycles. The third-order valence-corrected chi connectivity index (χ3v) is 4.99. The Morgan fingerprint density at radius 2 is 2.00 bits per heavy atom. The number of halogens is 3. The van der Waals surface area contributed by atoms with Crippen LogP contribution in [0.3, 0.4) is 0 Å². The highest BCUT2D eigenvalue weighted by Gasteiger charge is 2.39. The highest BCUT2D eigenvalue weighted by Crippen LogP contribution is 2.36. The lowest BCUT2D eigenvalue weighted by Gasteiger charge is -2.39. The Hall–Kier alpha value is -1.60. The minimum Gasteiger partial charge on any atom is -0.385 e. The fourth-order valence-electron chi connectivity index (χ4n) is 3.49. The van der Waals surface area contributed by atoms with Crippen molar-refractivity contribution in [2.24, 2.45) is 0 Å². The number of benzene rings is 1. The summed E-state index contributed by atoms with van der Waals surface area (Å²) in [4.78, 5) is 14.1. The van der Waals surface area contributed by atoms with Crippen LogP contribution in [0, 0.1) is 0 Å². The zero-order valence-corrected chi connectivity index (χ0v) is 13.3. The maximum Gasteiger partial charge on any atom is 0.416 e. The second-order valence-electron chi connectivity index (χ2n) is 6.58. The molecular formula is C17H21F3N2O2. The summed E-state index contributed by atoms with van der Waals surface area (Å²) in [7, 11) is 0. The number of nitrogens with zero attached hydrogens (tertiary/aromatic N) is 1. The molecule has 132 valence electrons. The van der Waals surface area contributed by atoms with Crippen molar-refractivity contribution in [1.29, 1.82) is 0 Å². The zero-order chi connectivity index (χ0) is 17.4. The van der Waals surface area contributed by atoms with E-state index >= 15 is 0 Å². The van der Waals surface area contributed by atoms with Crippen LogP contribution in [-0.2, 0) is 16.6 Å². The second-order valence-corrected chi connectivity index (χ2v) is 6.58.